The van der Waals surface area contributed by atoms with E-state index in [4.69, 9.17) is 0 Å². The van der Waals surface area contributed by atoms with Crippen LogP contribution in [-0.2, 0) is 13.6 Å². The summed E-state index contributed by atoms with van der Waals surface area (Å²) in [5.74, 6) is 1.25. The van der Waals surface area contributed by atoms with Crippen molar-refractivity contribution in [3.63, 3.8) is 0 Å². The van der Waals surface area contributed by atoms with Gasteiger partial charge in [-0.3, -0.25) is 0 Å². The first-order valence-corrected chi connectivity index (χ1v) is 6.03. The van der Waals surface area contributed by atoms with E-state index in [1.54, 1.807) is 0 Å². The summed E-state index contributed by atoms with van der Waals surface area (Å²) in [6.07, 6.45) is 7.64. The molecule has 0 unspecified atom stereocenters. The average molecular weight is 198 g/mol. The second-order valence-electron chi connectivity index (χ2n) is 3.21. The van der Waals surface area contributed by atoms with Gasteiger partial charge >= 0.3 is 0 Å². The van der Waals surface area contributed by atoms with Gasteiger partial charge in [-0.05, 0) is 36.6 Å². The number of nitrogens with one attached hydrogen (secondary N) is 1. The minimum Gasteiger partial charge on any atom is -0.357 e. The standard InChI is InChI=1S/C10H18N2S/c1-12-6-4-10(9-12)8-11-5-3-7-13-2/h4,6,9,11H,3,5,7-8H2,1-2H3. The maximum atomic E-state index is 3.42. The predicted molar refractivity (Wildman–Crippen MR) is 60.1 cm³/mol. The maximum absolute atomic E-state index is 3.42. The minimum atomic E-state index is 0.995. The van der Waals surface area contributed by atoms with Crippen LogP contribution in [0.4, 0.5) is 0 Å². The number of nitrogens with zero attached hydrogens (tertiary/aromatic N) is 1. The van der Waals surface area contributed by atoms with Crippen molar-refractivity contribution in [2.75, 3.05) is 18.6 Å². The highest BCUT2D eigenvalue weighted by Gasteiger charge is 1.93. The van der Waals surface area contributed by atoms with Gasteiger partial charge in [0, 0.05) is 26.0 Å². The van der Waals surface area contributed by atoms with Crippen molar-refractivity contribution in [2.24, 2.45) is 7.05 Å². The highest BCUT2D eigenvalue weighted by atomic mass is 32.2. The zero-order valence-electron chi connectivity index (χ0n) is 8.42. The Labute approximate surface area is 84.7 Å². The van der Waals surface area contributed by atoms with Crippen LogP contribution in [0, 0.1) is 0 Å². The van der Waals surface area contributed by atoms with Gasteiger partial charge in [0.15, 0.2) is 0 Å². The lowest BCUT2D eigenvalue weighted by molar-refractivity contribution is 0.678. The Balaban J connectivity index is 2.06. The lowest BCUT2D eigenvalue weighted by Crippen LogP contribution is -2.14. The molecule has 0 aliphatic carbocycles. The summed E-state index contributed by atoms with van der Waals surface area (Å²) in [5.41, 5.74) is 1.37. The Morgan fingerprint density at radius 3 is 3.00 bits per heavy atom. The summed E-state index contributed by atoms with van der Waals surface area (Å²) in [4.78, 5) is 0. The third kappa shape index (κ3) is 4.39. The third-order valence-corrected chi connectivity index (χ3v) is 2.62. The molecule has 2 nitrogen and oxygen atoms in total. The molecule has 0 spiro atoms. The summed E-state index contributed by atoms with van der Waals surface area (Å²) in [5, 5.41) is 3.42. The maximum Gasteiger partial charge on any atom is 0.0220 e. The van der Waals surface area contributed by atoms with Crippen LogP contribution in [0.3, 0.4) is 0 Å². The minimum absolute atomic E-state index is 0.995. The Kier molecular flexibility index (Phi) is 5.01. The van der Waals surface area contributed by atoms with Gasteiger partial charge in [-0.25, -0.2) is 0 Å². The van der Waals surface area contributed by atoms with E-state index < -0.39 is 0 Å². The van der Waals surface area contributed by atoms with E-state index in [2.05, 4.69) is 41.6 Å². The van der Waals surface area contributed by atoms with Gasteiger partial charge in [0.25, 0.3) is 0 Å². The molecule has 1 rings (SSSR count). The van der Waals surface area contributed by atoms with Crippen molar-refractivity contribution in [2.45, 2.75) is 13.0 Å². The number of aryl methyl sites for hydroxylation is 1. The summed E-state index contributed by atoms with van der Waals surface area (Å²) in [7, 11) is 2.05. The van der Waals surface area contributed by atoms with Crippen molar-refractivity contribution >= 4 is 11.8 Å². The monoisotopic (exact) mass is 198 g/mol. The molecule has 0 saturated carbocycles. The fraction of sp³-hybridized carbons (Fsp3) is 0.600. The molecular weight excluding hydrogens is 180 g/mol. The summed E-state index contributed by atoms with van der Waals surface area (Å²) < 4.78 is 2.08. The SMILES string of the molecule is CSCCCNCc1ccn(C)c1. The largest absolute Gasteiger partial charge is 0.357 e. The van der Waals surface area contributed by atoms with Crippen LogP contribution in [0.1, 0.15) is 12.0 Å². The molecule has 0 atom stereocenters. The molecule has 0 saturated heterocycles. The van der Waals surface area contributed by atoms with Crippen LogP contribution in [0.5, 0.6) is 0 Å². The van der Waals surface area contributed by atoms with Crippen LogP contribution >= 0.6 is 11.8 Å². The van der Waals surface area contributed by atoms with Gasteiger partial charge in [0.05, 0.1) is 0 Å². The van der Waals surface area contributed by atoms with Gasteiger partial charge in [0.2, 0.25) is 0 Å². The van der Waals surface area contributed by atoms with Crippen molar-refractivity contribution < 1.29 is 0 Å². The van der Waals surface area contributed by atoms with Crippen molar-refractivity contribution in [1.82, 2.24) is 9.88 Å². The fourth-order valence-electron chi connectivity index (χ4n) is 1.24. The highest BCUT2D eigenvalue weighted by molar-refractivity contribution is 7.98. The molecular formula is C10H18N2S. The van der Waals surface area contributed by atoms with E-state index in [-0.39, 0.29) is 0 Å². The third-order valence-electron chi connectivity index (χ3n) is 1.92. The summed E-state index contributed by atoms with van der Waals surface area (Å²) in [6.45, 7) is 2.12. The molecule has 0 radical (unpaired) electrons. The smallest absolute Gasteiger partial charge is 0.0220 e. The first-order chi connectivity index (χ1) is 6.33. The van der Waals surface area contributed by atoms with Crippen LogP contribution in [0.25, 0.3) is 0 Å². The molecule has 0 bridgehead atoms. The molecule has 1 heterocycles. The first kappa shape index (κ1) is 10.7. The topological polar surface area (TPSA) is 17.0 Å². The van der Waals surface area contributed by atoms with E-state index in [0.29, 0.717) is 0 Å². The lowest BCUT2D eigenvalue weighted by Gasteiger charge is -2.01. The van der Waals surface area contributed by atoms with Crippen LogP contribution in [-0.4, -0.2) is 23.1 Å². The second-order valence-corrected chi connectivity index (χ2v) is 4.19. The number of aromatic nitrogens is 1. The van der Waals surface area contributed by atoms with Crippen LogP contribution in [0.15, 0.2) is 18.5 Å². The van der Waals surface area contributed by atoms with E-state index in [9.17, 15) is 0 Å². The Morgan fingerprint density at radius 1 is 1.54 bits per heavy atom. The molecule has 1 N–H and O–H groups in total. The Hall–Kier alpha value is -0.410. The molecule has 3 heteroatoms. The Morgan fingerprint density at radius 2 is 2.38 bits per heavy atom. The van der Waals surface area contributed by atoms with Crippen molar-refractivity contribution in [3.8, 4) is 0 Å². The summed E-state index contributed by atoms with van der Waals surface area (Å²) >= 11 is 1.91. The van der Waals surface area contributed by atoms with Crippen LogP contribution in [0.2, 0.25) is 0 Å². The van der Waals surface area contributed by atoms with Crippen molar-refractivity contribution in [3.05, 3.63) is 24.0 Å². The zero-order chi connectivity index (χ0) is 9.52. The molecule has 1 aromatic rings. The number of thioether (sulfide) groups is 1. The van der Waals surface area contributed by atoms with E-state index >= 15 is 0 Å². The molecule has 74 valence electrons. The van der Waals surface area contributed by atoms with Gasteiger partial charge in [-0.1, -0.05) is 0 Å². The number of rotatable bonds is 6. The normalized spacial score (nSPS) is 10.6. The fourth-order valence-corrected chi connectivity index (χ4v) is 1.67. The van der Waals surface area contributed by atoms with Crippen LogP contribution < -0.4 is 5.32 Å². The predicted octanol–water partition coefficient (Wildman–Crippen LogP) is 1.87. The van der Waals surface area contributed by atoms with E-state index in [1.165, 1.54) is 17.7 Å². The quantitative estimate of drug-likeness (QED) is 0.703. The van der Waals surface area contributed by atoms with E-state index in [0.717, 1.165) is 13.1 Å². The molecule has 0 aliphatic heterocycles. The molecule has 0 amide bonds. The average Bonchev–Trinajstić information content (AvgIpc) is 2.51. The van der Waals surface area contributed by atoms with Gasteiger partial charge < -0.3 is 9.88 Å². The van der Waals surface area contributed by atoms with E-state index in [1.807, 2.05) is 11.8 Å². The zero-order valence-corrected chi connectivity index (χ0v) is 9.23. The molecule has 13 heavy (non-hydrogen) atoms. The summed E-state index contributed by atoms with van der Waals surface area (Å²) in [6, 6.07) is 2.15. The highest BCUT2D eigenvalue weighted by Crippen LogP contribution is 1.99. The molecule has 0 fully saturated rings. The first-order valence-electron chi connectivity index (χ1n) is 4.63. The number of hydrogen-bond donors (Lipinski definition) is 1. The molecule has 1 aromatic heterocycles. The van der Waals surface area contributed by atoms with Gasteiger partial charge in [-0.15, -0.1) is 0 Å². The Bertz CT molecular complexity index is 233. The lowest BCUT2D eigenvalue weighted by atomic mass is 10.3. The second kappa shape index (κ2) is 6.11. The molecule has 0 aromatic carbocycles. The van der Waals surface area contributed by atoms with Gasteiger partial charge in [0.1, 0.15) is 0 Å². The number of hydrogen-bond acceptors (Lipinski definition) is 2. The van der Waals surface area contributed by atoms with Gasteiger partial charge in [-0.2, -0.15) is 11.8 Å². The van der Waals surface area contributed by atoms with Crippen molar-refractivity contribution in [1.29, 1.82) is 0 Å². The molecule has 0 aliphatic rings.